The number of imidazole rings is 1. The van der Waals surface area contributed by atoms with Crippen molar-refractivity contribution in [1.82, 2.24) is 14.9 Å². The highest BCUT2D eigenvalue weighted by Gasteiger charge is 2.15. The zero-order valence-electron chi connectivity index (χ0n) is 13.8. The van der Waals surface area contributed by atoms with Crippen molar-refractivity contribution in [2.24, 2.45) is 7.05 Å². The topological polar surface area (TPSA) is 50.1 Å². The van der Waals surface area contributed by atoms with Crippen LogP contribution in [0.5, 0.6) is 0 Å². The van der Waals surface area contributed by atoms with E-state index in [4.69, 9.17) is 4.98 Å². The van der Waals surface area contributed by atoms with Crippen molar-refractivity contribution in [1.29, 1.82) is 0 Å². The predicted molar refractivity (Wildman–Crippen MR) is 93.3 cm³/mol. The molecule has 0 fully saturated rings. The van der Waals surface area contributed by atoms with Gasteiger partial charge in [-0.25, -0.2) is 4.98 Å². The Morgan fingerprint density at radius 1 is 1.13 bits per heavy atom. The molecule has 1 heterocycles. The van der Waals surface area contributed by atoms with E-state index in [1.165, 1.54) is 5.56 Å². The molecule has 0 aliphatic carbocycles. The highest BCUT2D eigenvalue weighted by molar-refractivity contribution is 5.75. The number of fused-ring (bicyclic) bond motifs is 1. The number of rotatable bonds is 5. The van der Waals surface area contributed by atoms with E-state index in [-0.39, 0.29) is 6.04 Å². The first-order valence-electron chi connectivity index (χ1n) is 7.95. The molecule has 0 saturated heterocycles. The first-order chi connectivity index (χ1) is 11.1. The monoisotopic (exact) mass is 309 g/mol. The molecular weight excluding hydrogens is 286 g/mol. The summed E-state index contributed by atoms with van der Waals surface area (Å²) in [7, 11) is 2.03. The van der Waals surface area contributed by atoms with Crippen molar-refractivity contribution in [2.45, 2.75) is 26.0 Å². The summed E-state index contributed by atoms with van der Waals surface area (Å²) < 4.78 is 2.10. The largest absolute Gasteiger partial charge is 0.387 e. The minimum Gasteiger partial charge on any atom is -0.387 e. The molecule has 2 atom stereocenters. The molecule has 2 unspecified atom stereocenters. The van der Waals surface area contributed by atoms with E-state index in [1.54, 1.807) is 0 Å². The molecule has 4 nitrogen and oxygen atoms in total. The number of aromatic nitrogens is 2. The van der Waals surface area contributed by atoms with Crippen molar-refractivity contribution < 1.29 is 5.11 Å². The van der Waals surface area contributed by atoms with Crippen LogP contribution in [0.2, 0.25) is 0 Å². The van der Waals surface area contributed by atoms with Crippen LogP contribution in [-0.2, 0) is 7.05 Å². The van der Waals surface area contributed by atoms with Crippen LogP contribution < -0.4 is 5.32 Å². The zero-order valence-corrected chi connectivity index (χ0v) is 13.8. The van der Waals surface area contributed by atoms with Crippen LogP contribution in [0.1, 0.15) is 36.0 Å². The lowest BCUT2D eigenvalue weighted by molar-refractivity contribution is 0.170. The number of aryl methyl sites for hydroxylation is 2. The smallest absolute Gasteiger partial charge is 0.126 e. The van der Waals surface area contributed by atoms with Crippen molar-refractivity contribution in [3.8, 4) is 0 Å². The quantitative estimate of drug-likeness (QED) is 0.760. The molecule has 3 rings (SSSR count). The Morgan fingerprint density at radius 3 is 2.52 bits per heavy atom. The lowest BCUT2D eigenvalue weighted by Crippen LogP contribution is -2.26. The summed E-state index contributed by atoms with van der Waals surface area (Å²) in [4.78, 5) is 4.69. The molecule has 120 valence electrons. The molecule has 4 heteroatoms. The molecule has 2 aromatic carbocycles. The fourth-order valence-corrected chi connectivity index (χ4v) is 2.84. The number of para-hydroxylation sites is 2. The third-order valence-electron chi connectivity index (χ3n) is 4.29. The van der Waals surface area contributed by atoms with Gasteiger partial charge in [0.25, 0.3) is 0 Å². The maximum Gasteiger partial charge on any atom is 0.126 e. The van der Waals surface area contributed by atoms with Gasteiger partial charge in [0.05, 0.1) is 23.2 Å². The van der Waals surface area contributed by atoms with E-state index in [1.807, 2.05) is 56.4 Å². The van der Waals surface area contributed by atoms with E-state index in [9.17, 15) is 5.11 Å². The van der Waals surface area contributed by atoms with Crippen LogP contribution in [0.25, 0.3) is 11.0 Å². The molecule has 0 aliphatic rings. The van der Waals surface area contributed by atoms with Gasteiger partial charge >= 0.3 is 0 Å². The molecule has 23 heavy (non-hydrogen) atoms. The van der Waals surface area contributed by atoms with Crippen molar-refractivity contribution in [3.05, 3.63) is 65.5 Å². The van der Waals surface area contributed by atoms with Crippen LogP contribution in [-0.4, -0.2) is 21.2 Å². The number of hydrogen-bond acceptors (Lipinski definition) is 3. The summed E-state index contributed by atoms with van der Waals surface area (Å²) >= 11 is 0. The van der Waals surface area contributed by atoms with Gasteiger partial charge in [-0.05, 0) is 31.5 Å². The summed E-state index contributed by atoms with van der Waals surface area (Å²) in [5.41, 5.74) is 4.25. The number of benzene rings is 2. The lowest BCUT2D eigenvalue weighted by Gasteiger charge is -2.17. The molecule has 0 spiro atoms. The Bertz CT molecular complexity index is 792. The standard InChI is InChI=1S/C19H23N3O/c1-13-8-10-15(11-9-13)18(23)12-20-14(2)19-21-16-6-4-5-7-17(16)22(19)3/h4-11,14,18,20,23H,12H2,1-3H3. The molecule has 0 amide bonds. The van der Waals surface area contributed by atoms with Gasteiger partial charge in [-0.15, -0.1) is 0 Å². The van der Waals surface area contributed by atoms with Gasteiger partial charge in [-0.2, -0.15) is 0 Å². The maximum absolute atomic E-state index is 10.3. The van der Waals surface area contributed by atoms with E-state index in [2.05, 4.69) is 22.9 Å². The van der Waals surface area contributed by atoms with Gasteiger partial charge < -0.3 is 15.0 Å². The van der Waals surface area contributed by atoms with E-state index in [0.29, 0.717) is 6.54 Å². The predicted octanol–water partition coefficient (Wildman–Crippen LogP) is 3.27. The number of aliphatic hydroxyl groups excluding tert-OH is 1. The second-order valence-electron chi connectivity index (χ2n) is 6.07. The minimum atomic E-state index is -0.521. The van der Waals surface area contributed by atoms with Gasteiger partial charge in [-0.3, -0.25) is 0 Å². The molecule has 0 radical (unpaired) electrons. The van der Waals surface area contributed by atoms with Crippen molar-refractivity contribution >= 4 is 11.0 Å². The molecule has 2 N–H and O–H groups in total. The molecule has 0 aliphatic heterocycles. The summed E-state index contributed by atoms with van der Waals surface area (Å²) in [6, 6.07) is 16.2. The molecule has 1 aromatic heterocycles. The van der Waals surface area contributed by atoms with Gasteiger partial charge in [0.2, 0.25) is 0 Å². The van der Waals surface area contributed by atoms with Crippen LogP contribution >= 0.6 is 0 Å². The Kier molecular flexibility index (Phi) is 4.46. The molecular formula is C19H23N3O. The average molecular weight is 309 g/mol. The summed E-state index contributed by atoms with van der Waals surface area (Å²) in [5, 5.41) is 13.7. The highest BCUT2D eigenvalue weighted by Crippen LogP contribution is 2.20. The van der Waals surface area contributed by atoms with E-state index in [0.717, 1.165) is 22.4 Å². The summed E-state index contributed by atoms with van der Waals surface area (Å²) in [6.07, 6.45) is -0.521. The molecule has 0 bridgehead atoms. The summed E-state index contributed by atoms with van der Waals surface area (Å²) in [5.74, 6) is 0.974. The summed E-state index contributed by atoms with van der Waals surface area (Å²) in [6.45, 7) is 4.61. The van der Waals surface area contributed by atoms with Crippen molar-refractivity contribution in [2.75, 3.05) is 6.54 Å². The zero-order chi connectivity index (χ0) is 16.4. The highest BCUT2D eigenvalue weighted by atomic mass is 16.3. The Labute approximate surface area is 136 Å². The van der Waals surface area contributed by atoms with Crippen LogP contribution in [0.15, 0.2) is 48.5 Å². The SMILES string of the molecule is Cc1ccc(C(O)CNC(C)c2nc3ccccc3n2C)cc1. The minimum absolute atomic E-state index is 0.0625. The van der Waals surface area contributed by atoms with Crippen molar-refractivity contribution in [3.63, 3.8) is 0 Å². The molecule has 3 aromatic rings. The average Bonchev–Trinajstić information content (AvgIpc) is 2.90. The number of nitrogens with one attached hydrogen (secondary N) is 1. The van der Waals surface area contributed by atoms with Crippen LogP contribution in [0, 0.1) is 6.92 Å². The van der Waals surface area contributed by atoms with Gasteiger partial charge in [-0.1, -0.05) is 42.0 Å². The molecule has 0 saturated carbocycles. The first kappa shape index (κ1) is 15.7. The Morgan fingerprint density at radius 2 is 1.83 bits per heavy atom. The fraction of sp³-hybridized carbons (Fsp3) is 0.316. The van der Waals surface area contributed by atoms with E-state index >= 15 is 0 Å². The number of hydrogen-bond donors (Lipinski definition) is 2. The normalized spacial score (nSPS) is 14.1. The number of nitrogens with zero attached hydrogens (tertiary/aromatic N) is 2. The lowest BCUT2D eigenvalue weighted by atomic mass is 10.1. The van der Waals surface area contributed by atoms with Gasteiger partial charge in [0.1, 0.15) is 5.82 Å². The van der Waals surface area contributed by atoms with Gasteiger partial charge in [0, 0.05) is 13.6 Å². The van der Waals surface area contributed by atoms with Gasteiger partial charge in [0.15, 0.2) is 0 Å². The maximum atomic E-state index is 10.3. The second-order valence-corrected chi connectivity index (χ2v) is 6.07. The second kappa shape index (κ2) is 6.52. The first-order valence-corrected chi connectivity index (χ1v) is 7.95. The Balaban J connectivity index is 1.69. The fourth-order valence-electron chi connectivity index (χ4n) is 2.84. The third-order valence-corrected chi connectivity index (χ3v) is 4.29. The van der Waals surface area contributed by atoms with E-state index < -0.39 is 6.10 Å². The Hall–Kier alpha value is -2.17. The van der Waals surface area contributed by atoms with Crippen LogP contribution in [0.4, 0.5) is 0 Å². The number of aliphatic hydroxyl groups is 1. The third kappa shape index (κ3) is 3.28. The van der Waals surface area contributed by atoms with Crippen LogP contribution in [0.3, 0.4) is 0 Å².